The molecular formula is C15H13BrN2O4S. The number of fused-ring (bicyclic) bond motifs is 1. The molecule has 2 aromatic carbocycles. The van der Waals surface area contributed by atoms with E-state index in [0.717, 1.165) is 4.47 Å². The summed E-state index contributed by atoms with van der Waals surface area (Å²) in [5.74, 6) is -0.493. The van der Waals surface area contributed by atoms with Crippen molar-refractivity contribution in [3.63, 3.8) is 0 Å². The normalized spacial score (nSPS) is 11.8. The SMILES string of the molecule is Cc1cc2oc(=O)n(C)c2cc1NS(=O)(=O)c1ccc(Br)cc1. The molecule has 3 rings (SSSR count). The standard InChI is InChI=1S/C15H13BrN2O4S/c1-9-7-14-13(18(2)15(19)22-14)8-12(9)17-23(20,21)11-5-3-10(16)4-6-11/h3-8,17H,1-2H3. The molecule has 0 bridgehead atoms. The lowest BCUT2D eigenvalue weighted by Crippen LogP contribution is -2.14. The largest absolute Gasteiger partial charge is 0.419 e. The molecule has 1 heterocycles. The van der Waals surface area contributed by atoms with E-state index in [0.29, 0.717) is 22.4 Å². The Bertz CT molecular complexity index is 1050. The van der Waals surface area contributed by atoms with Gasteiger partial charge in [-0.3, -0.25) is 9.29 Å². The summed E-state index contributed by atoms with van der Waals surface area (Å²) in [7, 11) is -2.15. The Morgan fingerprint density at radius 3 is 2.48 bits per heavy atom. The van der Waals surface area contributed by atoms with Crippen molar-refractivity contribution >= 4 is 42.7 Å². The number of rotatable bonds is 3. The van der Waals surface area contributed by atoms with Crippen LogP contribution in [0.5, 0.6) is 0 Å². The topological polar surface area (TPSA) is 81.3 Å². The van der Waals surface area contributed by atoms with E-state index in [1.165, 1.54) is 16.7 Å². The number of sulfonamides is 1. The van der Waals surface area contributed by atoms with Gasteiger partial charge < -0.3 is 4.42 Å². The third-order valence-corrected chi connectivity index (χ3v) is 5.42. The minimum atomic E-state index is -3.72. The zero-order chi connectivity index (χ0) is 16.8. The summed E-state index contributed by atoms with van der Waals surface area (Å²) in [6, 6.07) is 9.55. The van der Waals surface area contributed by atoms with Crippen LogP contribution in [-0.2, 0) is 17.1 Å². The van der Waals surface area contributed by atoms with Gasteiger partial charge in [-0.1, -0.05) is 15.9 Å². The molecule has 3 aromatic rings. The number of aryl methyl sites for hydroxylation is 2. The first-order chi connectivity index (χ1) is 10.8. The first-order valence-electron chi connectivity index (χ1n) is 6.66. The molecule has 0 aliphatic heterocycles. The van der Waals surface area contributed by atoms with Gasteiger partial charge >= 0.3 is 5.76 Å². The Labute approximate surface area is 140 Å². The van der Waals surface area contributed by atoms with E-state index in [2.05, 4.69) is 20.7 Å². The Morgan fingerprint density at radius 1 is 1.17 bits per heavy atom. The first-order valence-corrected chi connectivity index (χ1v) is 8.94. The number of nitrogens with zero attached hydrogens (tertiary/aromatic N) is 1. The summed E-state index contributed by atoms with van der Waals surface area (Å²) < 4.78 is 34.7. The fourth-order valence-corrected chi connectivity index (χ4v) is 3.59. The van der Waals surface area contributed by atoms with Gasteiger partial charge in [-0.25, -0.2) is 13.2 Å². The van der Waals surface area contributed by atoms with Crippen LogP contribution < -0.4 is 10.5 Å². The Balaban J connectivity index is 2.06. The van der Waals surface area contributed by atoms with E-state index < -0.39 is 15.8 Å². The second kappa shape index (κ2) is 5.54. The number of benzene rings is 2. The van der Waals surface area contributed by atoms with E-state index in [9.17, 15) is 13.2 Å². The average molecular weight is 397 g/mol. The highest BCUT2D eigenvalue weighted by Crippen LogP contribution is 2.25. The van der Waals surface area contributed by atoms with E-state index in [1.807, 2.05) is 0 Å². The lowest BCUT2D eigenvalue weighted by Gasteiger charge is -2.11. The highest BCUT2D eigenvalue weighted by Gasteiger charge is 2.17. The van der Waals surface area contributed by atoms with Gasteiger partial charge in [0, 0.05) is 11.5 Å². The smallest absolute Gasteiger partial charge is 0.408 e. The quantitative estimate of drug-likeness (QED) is 0.737. The van der Waals surface area contributed by atoms with Crippen LogP contribution in [0, 0.1) is 6.92 Å². The van der Waals surface area contributed by atoms with Crippen LogP contribution >= 0.6 is 15.9 Å². The Kier molecular flexibility index (Phi) is 3.81. The molecule has 0 saturated heterocycles. The van der Waals surface area contributed by atoms with Gasteiger partial charge in [0.05, 0.1) is 16.1 Å². The molecule has 0 aliphatic rings. The summed E-state index contributed by atoms with van der Waals surface area (Å²) in [5.41, 5.74) is 2.00. The molecule has 0 aliphatic carbocycles. The molecule has 0 saturated carbocycles. The van der Waals surface area contributed by atoms with Gasteiger partial charge in [0.2, 0.25) is 0 Å². The molecular weight excluding hydrogens is 384 g/mol. The third kappa shape index (κ3) is 2.91. The zero-order valence-electron chi connectivity index (χ0n) is 12.3. The Morgan fingerprint density at radius 2 is 1.83 bits per heavy atom. The average Bonchev–Trinajstić information content (AvgIpc) is 2.75. The van der Waals surface area contributed by atoms with Crippen LogP contribution in [0.25, 0.3) is 11.1 Å². The summed E-state index contributed by atoms with van der Waals surface area (Å²) in [4.78, 5) is 11.7. The predicted molar refractivity (Wildman–Crippen MR) is 91.1 cm³/mol. The van der Waals surface area contributed by atoms with E-state index in [-0.39, 0.29) is 4.90 Å². The van der Waals surface area contributed by atoms with Crippen LogP contribution in [0.15, 0.2) is 55.0 Å². The van der Waals surface area contributed by atoms with Crippen molar-refractivity contribution in [2.75, 3.05) is 4.72 Å². The van der Waals surface area contributed by atoms with Gasteiger partial charge in [-0.15, -0.1) is 0 Å². The highest BCUT2D eigenvalue weighted by atomic mass is 79.9. The molecule has 1 N–H and O–H groups in total. The van der Waals surface area contributed by atoms with Crippen LogP contribution in [0.4, 0.5) is 5.69 Å². The maximum Gasteiger partial charge on any atom is 0.419 e. The fraction of sp³-hybridized carbons (Fsp3) is 0.133. The molecule has 0 radical (unpaired) electrons. The minimum absolute atomic E-state index is 0.154. The number of halogens is 1. The predicted octanol–water partition coefficient (Wildman–Crippen LogP) is 3.00. The number of nitrogens with one attached hydrogen (secondary N) is 1. The van der Waals surface area contributed by atoms with Crippen molar-refractivity contribution in [1.29, 1.82) is 0 Å². The minimum Gasteiger partial charge on any atom is -0.408 e. The van der Waals surface area contributed by atoms with E-state index in [1.54, 1.807) is 38.2 Å². The monoisotopic (exact) mass is 396 g/mol. The molecule has 8 heteroatoms. The van der Waals surface area contributed by atoms with Crippen LogP contribution in [-0.4, -0.2) is 13.0 Å². The van der Waals surface area contributed by atoms with Crippen LogP contribution in [0.2, 0.25) is 0 Å². The van der Waals surface area contributed by atoms with Gasteiger partial charge in [0.15, 0.2) is 5.58 Å². The number of oxazole rings is 1. The number of hydrogen-bond donors (Lipinski definition) is 1. The lowest BCUT2D eigenvalue weighted by molar-refractivity contribution is 0.528. The molecule has 23 heavy (non-hydrogen) atoms. The summed E-state index contributed by atoms with van der Waals surface area (Å²) in [6.45, 7) is 1.74. The molecule has 6 nitrogen and oxygen atoms in total. The van der Waals surface area contributed by atoms with E-state index in [4.69, 9.17) is 4.42 Å². The second-order valence-electron chi connectivity index (χ2n) is 5.12. The molecule has 1 aromatic heterocycles. The van der Waals surface area contributed by atoms with Crippen LogP contribution in [0.1, 0.15) is 5.56 Å². The number of aromatic nitrogens is 1. The van der Waals surface area contributed by atoms with Crippen molar-refractivity contribution in [1.82, 2.24) is 4.57 Å². The third-order valence-electron chi connectivity index (χ3n) is 3.51. The molecule has 0 spiro atoms. The molecule has 0 fully saturated rings. The molecule has 0 atom stereocenters. The second-order valence-corrected chi connectivity index (χ2v) is 7.72. The summed E-state index contributed by atoms with van der Waals surface area (Å²) in [5, 5.41) is 0. The summed E-state index contributed by atoms with van der Waals surface area (Å²) in [6.07, 6.45) is 0. The first kappa shape index (κ1) is 15.8. The lowest BCUT2D eigenvalue weighted by atomic mass is 10.2. The zero-order valence-corrected chi connectivity index (χ0v) is 14.7. The fourth-order valence-electron chi connectivity index (χ4n) is 2.20. The highest BCUT2D eigenvalue weighted by molar-refractivity contribution is 9.10. The number of hydrogen-bond acceptors (Lipinski definition) is 4. The van der Waals surface area contributed by atoms with Crippen molar-refractivity contribution in [2.45, 2.75) is 11.8 Å². The van der Waals surface area contributed by atoms with Gasteiger partial charge in [0.1, 0.15) is 0 Å². The number of anilines is 1. The van der Waals surface area contributed by atoms with Crippen molar-refractivity contribution in [3.05, 3.63) is 57.0 Å². The molecule has 120 valence electrons. The van der Waals surface area contributed by atoms with Gasteiger partial charge in [0.25, 0.3) is 10.0 Å². The van der Waals surface area contributed by atoms with E-state index >= 15 is 0 Å². The van der Waals surface area contributed by atoms with Crippen molar-refractivity contribution in [2.24, 2.45) is 7.05 Å². The maximum absolute atomic E-state index is 12.5. The molecule has 0 unspecified atom stereocenters. The van der Waals surface area contributed by atoms with Crippen molar-refractivity contribution in [3.8, 4) is 0 Å². The van der Waals surface area contributed by atoms with Gasteiger partial charge in [-0.05, 0) is 48.9 Å². The molecule has 0 amide bonds. The maximum atomic E-state index is 12.5. The van der Waals surface area contributed by atoms with Crippen molar-refractivity contribution < 1.29 is 12.8 Å². The summed E-state index contributed by atoms with van der Waals surface area (Å²) >= 11 is 3.27. The van der Waals surface area contributed by atoms with Crippen LogP contribution in [0.3, 0.4) is 0 Å². The van der Waals surface area contributed by atoms with Gasteiger partial charge in [-0.2, -0.15) is 0 Å². The Hall–Kier alpha value is -2.06.